The van der Waals surface area contributed by atoms with Gasteiger partial charge in [-0.3, -0.25) is 10.1 Å². The number of nitrogens with one attached hydrogen (secondary N) is 2. The second-order valence-corrected chi connectivity index (χ2v) is 7.13. The van der Waals surface area contributed by atoms with Gasteiger partial charge in [-0.05, 0) is 35.4 Å². The number of aromatic nitrogens is 3. The first-order valence-corrected chi connectivity index (χ1v) is 9.56. The standard InChI is InChI=1S/C20H17Cl2N5O/c1-2-18(28)24-19-25-20-23-16(12-7-9-13(21)10-8-12)11-17(27(20)26-19)14-5-3-4-6-15(14)22/h3-11,17H,2H2,1H3,(H2,23,24,25,26,28). The summed E-state index contributed by atoms with van der Waals surface area (Å²) in [6.07, 6.45) is 2.37. The molecule has 6 nitrogen and oxygen atoms in total. The first kappa shape index (κ1) is 18.5. The fraction of sp³-hybridized carbons (Fsp3) is 0.150. The fourth-order valence-corrected chi connectivity index (χ4v) is 3.37. The summed E-state index contributed by atoms with van der Waals surface area (Å²) in [4.78, 5) is 16.2. The zero-order chi connectivity index (χ0) is 19.7. The fourth-order valence-electron chi connectivity index (χ4n) is 2.99. The van der Waals surface area contributed by atoms with Crippen LogP contribution in [0.15, 0.2) is 54.6 Å². The van der Waals surface area contributed by atoms with Crippen molar-refractivity contribution in [3.05, 3.63) is 75.8 Å². The third-order valence-corrected chi connectivity index (χ3v) is 5.01. The summed E-state index contributed by atoms with van der Waals surface area (Å²) in [7, 11) is 0. The van der Waals surface area contributed by atoms with Gasteiger partial charge in [-0.1, -0.05) is 60.5 Å². The molecule has 28 heavy (non-hydrogen) atoms. The molecule has 0 aliphatic carbocycles. The first-order chi connectivity index (χ1) is 13.5. The van der Waals surface area contributed by atoms with Crippen LogP contribution in [0.1, 0.15) is 30.5 Å². The zero-order valence-corrected chi connectivity index (χ0v) is 16.5. The Bertz CT molecular complexity index is 1060. The summed E-state index contributed by atoms with van der Waals surface area (Å²) >= 11 is 12.5. The molecule has 1 amide bonds. The van der Waals surface area contributed by atoms with E-state index >= 15 is 0 Å². The van der Waals surface area contributed by atoms with Crippen molar-refractivity contribution in [2.75, 3.05) is 10.6 Å². The van der Waals surface area contributed by atoms with Crippen LogP contribution >= 0.6 is 23.2 Å². The highest BCUT2D eigenvalue weighted by Crippen LogP contribution is 2.36. The summed E-state index contributed by atoms with van der Waals surface area (Å²) in [5.41, 5.74) is 2.70. The molecule has 2 aromatic carbocycles. The van der Waals surface area contributed by atoms with Crippen molar-refractivity contribution in [2.24, 2.45) is 0 Å². The second kappa shape index (κ2) is 7.66. The van der Waals surface area contributed by atoms with Gasteiger partial charge in [-0.25, -0.2) is 4.68 Å². The molecule has 0 radical (unpaired) electrons. The number of carbonyl (C=O) groups is 1. The largest absolute Gasteiger partial charge is 0.324 e. The zero-order valence-electron chi connectivity index (χ0n) is 15.0. The number of fused-ring (bicyclic) bond motifs is 1. The molecule has 0 fully saturated rings. The number of anilines is 2. The molecule has 1 unspecified atom stereocenters. The summed E-state index contributed by atoms with van der Waals surface area (Å²) in [6, 6.07) is 14.8. The lowest BCUT2D eigenvalue weighted by Gasteiger charge is -2.24. The van der Waals surface area contributed by atoms with E-state index in [0.717, 1.165) is 16.8 Å². The predicted molar refractivity (Wildman–Crippen MR) is 112 cm³/mol. The highest BCUT2D eigenvalue weighted by Gasteiger charge is 2.27. The lowest BCUT2D eigenvalue weighted by atomic mass is 10.0. The molecule has 1 atom stereocenters. The highest BCUT2D eigenvalue weighted by atomic mass is 35.5. The Kier molecular flexibility index (Phi) is 5.07. The molecule has 2 heterocycles. The topological polar surface area (TPSA) is 71.8 Å². The van der Waals surface area contributed by atoms with Gasteiger partial charge in [0.1, 0.15) is 6.04 Å². The molecule has 0 saturated carbocycles. The van der Waals surface area contributed by atoms with Crippen molar-refractivity contribution in [1.29, 1.82) is 0 Å². The first-order valence-electron chi connectivity index (χ1n) is 8.80. The predicted octanol–water partition coefficient (Wildman–Crippen LogP) is 4.99. The van der Waals surface area contributed by atoms with E-state index in [1.807, 2.05) is 54.6 Å². The van der Waals surface area contributed by atoms with Crippen LogP contribution in [0.2, 0.25) is 10.0 Å². The Morgan fingerprint density at radius 2 is 1.93 bits per heavy atom. The molecule has 8 heteroatoms. The maximum absolute atomic E-state index is 11.7. The van der Waals surface area contributed by atoms with Crippen LogP contribution in [0.4, 0.5) is 11.9 Å². The van der Waals surface area contributed by atoms with Gasteiger partial charge in [-0.15, -0.1) is 5.10 Å². The molecule has 142 valence electrons. The summed E-state index contributed by atoms with van der Waals surface area (Å²) < 4.78 is 1.71. The minimum Gasteiger partial charge on any atom is -0.324 e. The Balaban J connectivity index is 1.80. The van der Waals surface area contributed by atoms with E-state index in [1.54, 1.807) is 11.6 Å². The van der Waals surface area contributed by atoms with Crippen LogP contribution in [0.5, 0.6) is 0 Å². The summed E-state index contributed by atoms with van der Waals surface area (Å²) in [6.45, 7) is 1.77. The van der Waals surface area contributed by atoms with Crippen molar-refractivity contribution in [3.8, 4) is 0 Å². The average molecular weight is 414 g/mol. The number of benzene rings is 2. The van der Waals surface area contributed by atoms with Crippen LogP contribution in [0, 0.1) is 0 Å². The lowest BCUT2D eigenvalue weighted by Crippen LogP contribution is -2.20. The van der Waals surface area contributed by atoms with E-state index in [2.05, 4.69) is 20.7 Å². The molecule has 0 saturated heterocycles. The Morgan fingerprint density at radius 1 is 1.18 bits per heavy atom. The molecular weight excluding hydrogens is 397 g/mol. The molecule has 2 N–H and O–H groups in total. The Labute approximate surface area is 172 Å². The number of amides is 1. The number of halogens is 2. The summed E-state index contributed by atoms with van der Waals surface area (Å²) in [5, 5.41) is 11.7. The van der Waals surface area contributed by atoms with Crippen LogP contribution in [0.25, 0.3) is 5.70 Å². The number of nitrogens with zero attached hydrogens (tertiary/aromatic N) is 3. The van der Waals surface area contributed by atoms with Crippen molar-refractivity contribution in [2.45, 2.75) is 19.4 Å². The average Bonchev–Trinajstić information content (AvgIpc) is 3.10. The van der Waals surface area contributed by atoms with Gasteiger partial charge in [0.15, 0.2) is 0 Å². The number of allylic oxidation sites excluding steroid dienone is 1. The molecule has 1 aliphatic rings. The van der Waals surface area contributed by atoms with Gasteiger partial charge < -0.3 is 5.32 Å². The number of rotatable bonds is 4. The lowest BCUT2D eigenvalue weighted by molar-refractivity contribution is -0.115. The van der Waals surface area contributed by atoms with Gasteiger partial charge in [0.25, 0.3) is 5.95 Å². The van der Waals surface area contributed by atoms with Crippen molar-refractivity contribution >= 4 is 46.7 Å². The monoisotopic (exact) mass is 413 g/mol. The quantitative estimate of drug-likeness (QED) is 0.631. The van der Waals surface area contributed by atoms with Gasteiger partial charge in [0, 0.05) is 22.2 Å². The highest BCUT2D eigenvalue weighted by molar-refractivity contribution is 6.31. The smallest absolute Gasteiger partial charge is 0.250 e. The minimum atomic E-state index is -0.282. The van der Waals surface area contributed by atoms with Crippen molar-refractivity contribution < 1.29 is 4.79 Å². The maximum Gasteiger partial charge on any atom is 0.250 e. The molecule has 1 aliphatic heterocycles. The molecule has 0 spiro atoms. The van der Waals surface area contributed by atoms with Gasteiger partial charge >= 0.3 is 0 Å². The summed E-state index contributed by atoms with van der Waals surface area (Å²) in [5.74, 6) is 0.615. The van der Waals surface area contributed by atoms with Crippen LogP contribution in [-0.4, -0.2) is 20.7 Å². The molecular formula is C20H17Cl2N5O. The SMILES string of the molecule is CCC(=O)Nc1nc2n(n1)C(c1ccccc1Cl)C=C(c1ccc(Cl)cc1)N2. The maximum atomic E-state index is 11.7. The molecule has 1 aromatic heterocycles. The van der Waals surface area contributed by atoms with E-state index in [9.17, 15) is 4.79 Å². The molecule has 3 aromatic rings. The van der Waals surface area contributed by atoms with Crippen molar-refractivity contribution in [3.63, 3.8) is 0 Å². The van der Waals surface area contributed by atoms with Gasteiger partial charge in [0.05, 0.1) is 0 Å². The van der Waals surface area contributed by atoms with Gasteiger partial charge in [0.2, 0.25) is 11.9 Å². The number of hydrogen-bond acceptors (Lipinski definition) is 4. The number of carbonyl (C=O) groups excluding carboxylic acids is 1. The van der Waals surface area contributed by atoms with E-state index in [-0.39, 0.29) is 17.9 Å². The van der Waals surface area contributed by atoms with Crippen LogP contribution in [-0.2, 0) is 4.79 Å². The van der Waals surface area contributed by atoms with Crippen LogP contribution in [0.3, 0.4) is 0 Å². The van der Waals surface area contributed by atoms with Crippen LogP contribution < -0.4 is 10.6 Å². The van der Waals surface area contributed by atoms with E-state index in [4.69, 9.17) is 23.2 Å². The second-order valence-electron chi connectivity index (χ2n) is 6.28. The molecule has 4 rings (SSSR count). The van der Waals surface area contributed by atoms with Gasteiger partial charge in [-0.2, -0.15) is 4.98 Å². The van der Waals surface area contributed by atoms with Crippen molar-refractivity contribution in [1.82, 2.24) is 14.8 Å². The van der Waals surface area contributed by atoms with E-state index in [0.29, 0.717) is 22.4 Å². The third-order valence-electron chi connectivity index (χ3n) is 4.42. The minimum absolute atomic E-state index is 0.150. The van der Waals surface area contributed by atoms with E-state index in [1.165, 1.54) is 0 Å². The Hall–Kier alpha value is -2.83. The normalized spacial score (nSPS) is 15.4. The number of hydrogen-bond donors (Lipinski definition) is 2. The third kappa shape index (κ3) is 3.61. The van der Waals surface area contributed by atoms with E-state index < -0.39 is 0 Å². The Morgan fingerprint density at radius 3 is 2.64 bits per heavy atom. The molecule has 0 bridgehead atoms.